The van der Waals surface area contributed by atoms with Gasteiger partial charge in [-0.25, -0.2) is 0 Å². The molecule has 6 aromatic carbocycles. The summed E-state index contributed by atoms with van der Waals surface area (Å²) in [6, 6.07) is 50.1. The molecule has 0 radical (unpaired) electrons. The van der Waals surface area contributed by atoms with Crippen LogP contribution in [0.25, 0.3) is 0 Å². The second kappa shape index (κ2) is 21.0. The Hall–Kier alpha value is -4.51. The van der Waals surface area contributed by atoms with Gasteiger partial charge in [-0.1, -0.05) is 145 Å². The van der Waals surface area contributed by atoms with E-state index in [2.05, 4.69) is 15.9 Å². The summed E-state index contributed by atoms with van der Waals surface area (Å²) in [5.74, 6) is 0.711. The third-order valence-electron chi connectivity index (χ3n) is 10.1. The first-order chi connectivity index (χ1) is 28.5. The minimum atomic E-state index is -0.747. The molecule has 0 amide bonds. The number of hydrogen-bond donors (Lipinski definition) is 1. The molecule has 58 heavy (non-hydrogen) atoms. The van der Waals surface area contributed by atoms with Crippen LogP contribution in [0.1, 0.15) is 52.0 Å². The maximum atomic E-state index is 11.6. The molecule has 9 heteroatoms. The summed E-state index contributed by atoms with van der Waals surface area (Å²) >= 11 is 10.6. The lowest BCUT2D eigenvalue weighted by Crippen LogP contribution is -2.58. The predicted octanol–water partition coefficient (Wildman–Crippen LogP) is 11.2. The molecule has 7 rings (SSSR count). The molecule has 0 saturated carbocycles. The van der Waals surface area contributed by atoms with Crippen molar-refractivity contribution in [3.8, 4) is 11.5 Å². The highest BCUT2D eigenvalue weighted by molar-refractivity contribution is 9.10. The first kappa shape index (κ1) is 41.6. The lowest BCUT2D eigenvalue weighted by Gasteiger charge is -2.46. The van der Waals surface area contributed by atoms with Gasteiger partial charge in [0.05, 0.1) is 49.1 Å². The minimum absolute atomic E-state index is 0.0772. The molecule has 1 aliphatic rings. The minimum Gasteiger partial charge on any atom is -0.505 e. The van der Waals surface area contributed by atoms with Gasteiger partial charge in [0, 0.05) is 5.56 Å². The molecule has 1 unspecified atom stereocenters. The third kappa shape index (κ3) is 10.9. The number of halogens is 2. The van der Waals surface area contributed by atoms with Gasteiger partial charge >= 0.3 is 0 Å². The quantitative estimate of drug-likeness (QED) is 0.0922. The van der Waals surface area contributed by atoms with Crippen LogP contribution < -0.4 is 4.74 Å². The smallest absolute Gasteiger partial charge is 0.149 e. The van der Waals surface area contributed by atoms with Crippen molar-refractivity contribution < 1.29 is 33.5 Å². The van der Waals surface area contributed by atoms with Crippen LogP contribution in [0.4, 0.5) is 0 Å². The zero-order valence-electron chi connectivity index (χ0n) is 32.4. The Morgan fingerprint density at radius 2 is 1.09 bits per heavy atom. The summed E-state index contributed by atoms with van der Waals surface area (Å²) in [6.07, 6.45) is -2.85. The number of benzene rings is 6. The van der Waals surface area contributed by atoms with Crippen molar-refractivity contribution in [3.63, 3.8) is 0 Å². The first-order valence-electron chi connectivity index (χ1n) is 19.6. The lowest BCUT2D eigenvalue weighted by atomic mass is 9.89. The van der Waals surface area contributed by atoms with Crippen LogP contribution in [0, 0.1) is 0 Å². The molecule has 1 N–H and O–H groups in total. The van der Waals surface area contributed by atoms with Crippen molar-refractivity contribution in [1.82, 2.24) is 0 Å². The summed E-state index contributed by atoms with van der Waals surface area (Å²) in [5, 5.41) is 11.9. The number of aromatic hydroxyl groups is 1. The van der Waals surface area contributed by atoms with Gasteiger partial charge in [-0.05, 0) is 80.9 Å². The molecule has 0 aliphatic carbocycles. The molecule has 0 aromatic heterocycles. The van der Waals surface area contributed by atoms with Gasteiger partial charge in [-0.2, -0.15) is 0 Å². The first-order valence-corrected chi connectivity index (χ1v) is 20.8. The van der Waals surface area contributed by atoms with Crippen LogP contribution in [0.2, 0.25) is 5.02 Å². The molecule has 0 bridgehead atoms. The van der Waals surface area contributed by atoms with E-state index < -0.39 is 30.5 Å². The highest BCUT2D eigenvalue weighted by Gasteiger charge is 2.50. The van der Waals surface area contributed by atoms with E-state index in [4.69, 9.17) is 40.0 Å². The van der Waals surface area contributed by atoms with Crippen molar-refractivity contribution >= 4 is 27.5 Å². The van der Waals surface area contributed by atoms with E-state index in [1.807, 2.05) is 159 Å². The number of phenols is 1. The number of ether oxygens (including phenoxy) is 6. The van der Waals surface area contributed by atoms with Crippen LogP contribution in [0.3, 0.4) is 0 Å². The third-order valence-corrected chi connectivity index (χ3v) is 11.4. The summed E-state index contributed by atoms with van der Waals surface area (Å²) in [6.45, 7) is 4.05. The Kier molecular flexibility index (Phi) is 15.0. The molecule has 1 fully saturated rings. The molecule has 1 aliphatic heterocycles. The molecular weight excluding hydrogens is 816 g/mol. The maximum Gasteiger partial charge on any atom is 0.149 e. The van der Waals surface area contributed by atoms with E-state index >= 15 is 0 Å². The summed E-state index contributed by atoms with van der Waals surface area (Å²) in [4.78, 5) is 0. The molecule has 6 aromatic rings. The molecule has 0 spiro atoms. The van der Waals surface area contributed by atoms with Crippen molar-refractivity contribution in [2.75, 3.05) is 13.2 Å². The molecule has 300 valence electrons. The molecule has 1 saturated heterocycles. The van der Waals surface area contributed by atoms with E-state index in [1.54, 1.807) is 0 Å². The van der Waals surface area contributed by atoms with E-state index in [9.17, 15) is 5.11 Å². The van der Waals surface area contributed by atoms with Crippen molar-refractivity contribution in [2.24, 2.45) is 0 Å². The van der Waals surface area contributed by atoms with E-state index in [0.29, 0.717) is 42.9 Å². The van der Waals surface area contributed by atoms with Crippen LogP contribution in [0.5, 0.6) is 11.5 Å². The van der Waals surface area contributed by atoms with Gasteiger partial charge in [-0.3, -0.25) is 0 Å². The second-order valence-corrected chi connectivity index (χ2v) is 15.4. The largest absolute Gasteiger partial charge is 0.505 e. The number of hydrogen-bond acceptors (Lipinski definition) is 7. The maximum absolute atomic E-state index is 11.6. The van der Waals surface area contributed by atoms with Gasteiger partial charge in [0.25, 0.3) is 0 Å². The molecule has 7 nitrogen and oxygen atoms in total. The van der Waals surface area contributed by atoms with Crippen LogP contribution >= 0.6 is 27.5 Å². The summed E-state index contributed by atoms with van der Waals surface area (Å²) in [7, 11) is 0. The van der Waals surface area contributed by atoms with Crippen molar-refractivity contribution in [3.05, 3.63) is 200 Å². The van der Waals surface area contributed by atoms with Gasteiger partial charge < -0.3 is 33.5 Å². The van der Waals surface area contributed by atoms with Gasteiger partial charge in [0.1, 0.15) is 42.0 Å². The lowest BCUT2D eigenvalue weighted by molar-refractivity contribution is -0.275. The number of phenolic OH excluding ortho intramolecular Hbond substituents is 1. The Morgan fingerprint density at radius 1 is 0.603 bits per heavy atom. The fraction of sp³-hybridized carbons (Fsp3) is 0.265. The second-order valence-electron chi connectivity index (χ2n) is 14.2. The van der Waals surface area contributed by atoms with Gasteiger partial charge in [-0.15, -0.1) is 0 Å². The Bertz CT molecular complexity index is 2140. The van der Waals surface area contributed by atoms with Gasteiger partial charge in [0.15, 0.2) is 0 Å². The normalized spacial score (nSPS) is 19.2. The average molecular weight is 864 g/mol. The van der Waals surface area contributed by atoms with Crippen molar-refractivity contribution in [1.29, 1.82) is 0 Å². The number of rotatable bonds is 18. The molecule has 5 atom stereocenters. The monoisotopic (exact) mass is 862 g/mol. The van der Waals surface area contributed by atoms with Crippen LogP contribution in [0.15, 0.2) is 156 Å². The standard InChI is InChI=1S/C49H48BrClO7/c1-2-54-40-25-23-34(24-26-40)27-39-28-41(43(50)45(52)44(39)51)46-48(56-31-37-19-11-5-12-20-37)49(57-32-38-21-13-6-14-22-38)47(55-30-36-17-9-4-10-18-36)42(58-46)33-53-29-35-15-7-3-8-16-35/h3-26,28,42,46-49,52H,2,27,29-33H2,1H3/t42-,46?,47-,48+,49+/m1/s1. The van der Waals surface area contributed by atoms with E-state index in [1.165, 1.54) is 0 Å². The fourth-order valence-electron chi connectivity index (χ4n) is 7.17. The zero-order chi connectivity index (χ0) is 40.1. The van der Waals surface area contributed by atoms with E-state index in [0.717, 1.165) is 39.1 Å². The van der Waals surface area contributed by atoms with E-state index in [-0.39, 0.29) is 24.0 Å². The molecular formula is C49H48BrClO7. The van der Waals surface area contributed by atoms with Crippen LogP contribution in [-0.2, 0) is 56.5 Å². The van der Waals surface area contributed by atoms with Gasteiger partial charge in [0.2, 0.25) is 0 Å². The predicted molar refractivity (Wildman–Crippen MR) is 230 cm³/mol. The summed E-state index contributed by atoms with van der Waals surface area (Å²) in [5.41, 5.74) is 6.46. The highest BCUT2D eigenvalue weighted by Crippen LogP contribution is 2.46. The Morgan fingerprint density at radius 3 is 1.60 bits per heavy atom. The Balaban J connectivity index is 1.29. The summed E-state index contributed by atoms with van der Waals surface area (Å²) < 4.78 is 40.4. The zero-order valence-corrected chi connectivity index (χ0v) is 34.8. The Labute approximate surface area is 354 Å². The highest BCUT2D eigenvalue weighted by atomic mass is 79.9. The fourth-order valence-corrected chi connectivity index (χ4v) is 8.03. The SMILES string of the molecule is CCOc1ccc(Cc2cc(C3O[C@H](COCc4ccccc4)[C@@H](OCc4ccccc4)[C@H](OCc4ccccc4)[C@H]3OCc3ccccc3)c(Br)c(O)c2Cl)cc1. The average Bonchev–Trinajstić information content (AvgIpc) is 3.27. The van der Waals surface area contributed by atoms with Crippen molar-refractivity contribution in [2.45, 2.75) is 70.3 Å². The molecule has 1 heterocycles. The van der Waals surface area contributed by atoms with Crippen LogP contribution in [-0.4, -0.2) is 42.7 Å². The topological polar surface area (TPSA) is 75.6 Å².